The SMILES string of the molecule is Cc1cc(OC(=S)NC(N)C2=CN=C(C(C)(C)C)CN2)c(C)cc1CCN1CCC1C. The standard InChI is InChI=1S/C24H37N5OS/c1-15-12-20(16(2)11-18(15)8-10-29-9-7-17(29)3)30-23(31)28-22(25)19-13-27-21(14-26-19)24(4,5)6/h11-13,17,22,26H,7-10,14,25H2,1-6H3,(H,28,31). The number of nitrogens with two attached hydrogens (primary N) is 1. The minimum Gasteiger partial charge on any atom is -0.432 e. The summed E-state index contributed by atoms with van der Waals surface area (Å²) in [6, 6.07) is 5.00. The Labute approximate surface area is 192 Å². The summed E-state index contributed by atoms with van der Waals surface area (Å²) in [6.45, 7) is 15.9. The van der Waals surface area contributed by atoms with Crippen molar-refractivity contribution in [1.82, 2.24) is 15.5 Å². The molecule has 4 N–H and O–H groups in total. The van der Waals surface area contributed by atoms with E-state index in [-0.39, 0.29) is 10.6 Å². The smallest absolute Gasteiger partial charge is 0.263 e. The Kier molecular flexibility index (Phi) is 7.39. The van der Waals surface area contributed by atoms with Gasteiger partial charge in [-0.15, -0.1) is 0 Å². The van der Waals surface area contributed by atoms with Crippen molar-refractivity contribution in [2.45, 2.75) is 66.6 Å². The normalized spacial score (nSPS) is 20.2. The van der Waals surface area contributed by atoms with Crippen LogP contribution in [0, 0.1) is 19.3 Å². The number of hydrogen-bond acceptors (Lipinski definition) is 6. The Morgan fingerprint density at radius 2 is 2.10 bits per heavy atom. The van der Waals surface area contributed by atoms with Crippen LogP contribution in [0.25, 0.3) is 0 Å². The van der Waals surface area contributed by atoms with Crippen LogP contribution in [0.4, 0.5) is 0 Å². The predicted octanol–water partition coefficient (Wildman–Crippen LogP) is 3.41. The highest BCUT2D eigenvalue weighted by Crippen LogP contribution is 2.25. The zero-order valence-corrected chi connectivity index (χ0v) is 20.5. The van der Waals surface area contributed by atoms with Crippen LogP contribution in [0.3, 0.4) is 0 Å². The first-order chi connectivity index (χ1) is 14.5. The molecule has 31 heavy (non-hydrogen) atoms. The van der Waals surface area contributed by atoms with E-state index in [9.17, 15) is 0 Å². The number of nitrogens with zero attached hydrogens (tertiary/aromatic N) is 2. The largest absolute Gasteiger partial charge is 0.432 e. The van der Waals surface area contributed by atoms with Crippen LogP contribution in [-0.4, -0.2) is 47.6 Å². The fourth-order valence-electron chi connectivity index (χ4n) is 3.80. The summed E-state index contributed by atoms with van der Waals surface area (Å²) >= 11 is 5.41. The molecule has 0 aliphatic carbocycles. The van der Waals surface area contributed by atoms with Gasteiger partial charge in [0.15, 0.2) is 0 Å². The summed E-state index contributed by atoms with van der Waals surface area (Å²) in [6.07, 6.45) is 3.64. The zero-order chi connectivity index (χ0) is 22.8. The van der Waals surface area contributed by atoms with Gasteiger partial charge in [-0.05, 0) is 75.1 Å². The van der Waals surface area contributed by atoms with Crippen molar-refractivity contribution in [3.05, 3.63) is 40.7 Å². The molecule has 2 unspecified atom stereocenters. The molecule has 3 rings (SSSR count). The monoisotopic (exact) mass is 443 g/mol. The fraction of sp³-hybridized carbons (Fsp3) is 0.583. The Balaban J connectivity index is 1.57. The zero-order valence-electron chi connectivity index (χ0n) is 19.7. The van der Waals surface area contributed by atoms with Crippen molar-refractivity contribution in [2.24, 2.45) is 16.1 Å². The van der Waals surface area contributed by atoms with E-state index in [0.29, 0.717) is 6.54 Å². The van der Waals surface area contributed by atoms with Gasteiger partial charge in [-0.2, -0.15) is 0 Å². The lowest BCUT2D eigenvalue weighted by molar-refractivity contribution is 0.106. The molecule has 1 aromatic rings. The molecule has 2 aliphatic heterocycles. The molecular formula is C24H37N5OS. The quantitative estimate of drug-likeness (QED) is 0.462. The van der Waals surface area contributed by atoms with Gasteiger partial charge in [0.2, 0.25) is 0 Å². The number of rotatable bonds is 6. The van der Waals surface area contributed by atoms with Crippen molar-refractivity contribution in [3.8, 4) is 5.75 Å². The van der Waals surface area contributed by atoms with Gasteiger partial charge >= 0.3 is 0 Å². The number of benzene rings is 1. The maximum atomic E-state index is 6.26. The minimum absolute atomic E-state index is 0.0278. The van der Waals surface area contributed by atoms with Crippen LogP contribution in [0.2, 0.25) is 0 Å². The Morgan fingerprint density at radius 3 is 2.65 bits per heavy atom. The number of aryl methyl sites for hydroxylation is 2. The number of thiocarbonyl (C=S) groups is 1. The lowest BCUT2D eigenvalue weighted by Gasteiger charge is -2.38. The highest BCUT2D eigenvalue weighted by atomic mass is 32.1. The first-order valence-corrected chi connectivity index (χ1v) is 11.5. The van der Waals surface area contributed by atoms with Crippen molar-refractivity contribution in [3.63, 3.8) is 0 Å². The Morgan fingerprint density at radius 1 is 1.35 bits per heavy atom. The molecule has 2 aliphatic rings. The maximum absolute atomic E-state index is 6.26. The fourth-order valence-corrected chi connectivity index (χ4v) is 4.02. The molecule has 0 bridgehead atoms. The number of hydrogen-bond donors (Lipinski definition) is 3. The number of nitrogens with one attached hydrogen (secondary N) is 2. The molecule has 2 heterocycles. The summed E-state index contributed by atoms with van der Waals surface area (Å²) in [7, 11) is 0. The molecule has 170 valence electrons. The molecule has 6 nitrogen and oxygen atoms in total. The van der Waals surface area contributed by atoms with Gasteiger partial charge in [-0.25, -0.2) is 0 Å². The van der Waals surface area contributed by atoms with Crippen molar-refractivity contribution in [1.29, 1.82) is 0 Å². The van der Waals surface area contributed by atoms with Gasteiger partial charge in [-0.1, -0.05) is 26.8 Å². The summed E-state index contributed by atoms with van der Waals surface area (Å²) in [5.41, 5.74) is 11.8. The minimum atomic E-state index is -0.503. The van der Waals surface area contributed by atoms with Crippen LogP contribution in [-0.2, 0) is 6.42 Å². The van der Waals surface area contributed by atoms with Crippen molar-refractivity contribution in [2.75, 3.05) is 19.6 Å². The third kappa shape index (κ3) is 6.05. The van der Waals surface area contributed by atoms with E-state index in [1.54, 1.807) is 6.20 Å². The van der Waals surface area contributed by atoms with Crippen LogP contribution < -0.4 is 21.1 Å². The second-order valence-electron chi connectivity index (χ2n) is 9.74. The molecule has 0 amide bonds. The van der Waals surface area contributed by atoms with E-state index in [1.165, 1.54) is 24.1 Å². The Bertz CT molecular complexity index is 887. The topological polar surface area (TPSA) is 74.9 Å². The molecule has 0 saturated carbocycles. The second-order valence-corrected chi connectivity index (χ2v) is 10.1. The summed E-state index contributed by atoms with van der Waals surface area (Å²) in [4.78, 5) is 7.09. The highest BCUT2D eigenvalue weighted by Gasteiger charge is 2.24. The van der Waals surface area contributed by atoms with Gasteiger partial charge < -0.3 is 26.0 Å². The van der Waals surface area contributed by atoms with Gasteiger partial charge in [0.05, 0.1) is 12.2 Å². The molecular weight excluding hydrogens is 406 g/mol. The Hall–Kier alpha value is -1.96. The van der Waals surface area contributed by atoms with Crippen LogP contribution in [0.5, 0.6) is 5.75 Å². The summed E-state index contributed by atoms with van der Waals surface area (Å²) < 4.78 is 5.93. The van der Waals surface area contributed by atoms with Gasteiger partial charge in [0, 0.05) is 29.9 Å². The van der Waals surface area contributed by atoms with Gasteiger partial charge in [0.25, 0.3) is 5.17 Å². The van der Waals surface area contributed by atoms with Gasteiger partial charge in [-0.3, -0.25) is 4.99 Å². The van der Waals surface area contributed by atoms with E-state index in [1.807, 2.05) is 0 Å². The predicted molar refractivity (Wildman–Crippen MR) is 133 cm³/mol. The average molecular weight is 444 g/mol. The first kappa shape index (κ1) is 23.7. The summed E-state index contributed by atoms with van der Waals surface area (Å²) in [5, 5.41) is 6.64. The lowest BCUT2D eigenvalue weighted by Crippen LogP contribution is -2.49. The number of likely N-dealkylation sites (tertiary alicyclic amines) is 1. The highest BCUT2D eigenvalue weighted by molar-refractivity contribution is 7.80. The van der Waals surface area contributed by atoms with Crippen molar-refractivity contribution < 1.29 is 4.74 Å². The molecule has 2 atom stereocenters. The van der Waals surface area contributed by atoms with E-state index in [0.717, 1.165) is 41.7 Å². The molecule has 1 aromatic carbocycles. The molecule has 0 aromatic heterocycles. The molecule has 0 spiro atoms. The van der Waals surface area contributed by atoms with Crippen LogP contribution in [0.15, 0.2) is 29.0 Å². The summed E-state index contributed by atoms with van der Waals surface area (Å²) in [5.74, 6) is 0.766. The van der Waals surface area contributed by atoms with E-state index < -0.39 is 6.17 Å². The lowest BCUT2D eigenvalue weighted by atomic mass is 9.89. The van der Waals surface area contributed by atoms with Crippen molar-refractivity contribution >= 4 is 23.1 Å². The first-order valence-electron chi connectivity index (χ1n) is 11.1. The third-order valence-electron chi connectivity index (χ3n) is 6.26. The molecule has 1 fully saturated rings. The van der Waals surface area contributed by atoms with E-state index in [4.69, 9.17) is 22.7 Å². The van der Waals surface area contributed by atoms with Crippen LogP contribution >= 0.6 is 12.2 Å². The van der Waals surface area contributed by atoms with E-state index >= 15 is 0 Å². The van der Waals surface area contributed by atoms with E-state index in [2.05, 4.69) is 74.2 Å². The second kappa shape index (κ2) is 9.67. The molecule has 7 heteroatoms. The average Bonchev–Trinajstić information content (AvgIpc) is 2.69. The molecule has 1 saturated heterocycles. The number of aliphatic imine (C=N–C) groups is 1. The maximum Gasteiger partial charge on any atom is 0.263 e. The number of ether oxygens (including phenoxy) is 1. The molecule has 0 radical (unpaired) electrons. The third-order valence-corrected chi connectivity index (χ3v) is 6.46. The van der Waals surface area contributed by atoms with Gasteiger partial charge in [0.1, 0.15) is 11.9 Å². The van der Waals surface area contributed by atoms with Crippen LogP contribution in [0.1, 0.15) is 50.8 Å².